The number of thioether (sulfide) groups is 1. The maximum atomic E-state index is 12.8. The fourth-order valence-corrected chi connectivity index (χ4v) is 3.34. The third kappa shape index (κ3) is 6.32. The summed E-state index contributed by atoms with van der Waals surface area (Å²) in [7, 11) is 0. The van der Waals surface area contributed by atoms with Crippen LogP contribution in [-0.2, 0) is 9.59 Å². The lowest BCUT2D eigenvalue weighted by Crippen LogP contribution is -2.25. The van der Waals surface area contributed by atoms with Crippen LogP contribution >= 0.6 is 34.4 Å². The van der Waals surface area contributed by atoms with Crippen LogP contribution in [0.4, 0.5) is 15.8 Å². The summed E-state index contributed by atoms with van der Waals surface area (Å²) in [6.07, 6.45) is 0. The van der Waals surface area contributed by atoms with Crippen molar-refractivity contribution in [3.63, 3.8) is 0 Å². The normalized spacial score (nSPS) is 11.7. The van der Waals surface area contributed by atoms with Gasteiger partial charge < -0.3 is 10.6 Å². The Hall–Kier alpha value is -1.61. The molecule has 0 radical (unpaired) electrons. The van der Waals surface area contributed by atoms with Crippen molar-refractivity contribution in [3.05, 3.63) is 57.4 Å². The molecule has 4 nitrogen and oxygen atoms in total. The molecule has 132 valence electrons. The van der Waals surface area contributed by atoms with Crippen LogP contribution in [0.5, 0.6) is 0 Å². The summed E-state index contributed by atoms with van der Waals surface area (Å²) >= 11 is 3.46. The molecule has 0 saturated heterocycles. The number of hydrogen-bond acceptors (Lipinski definition) is 3. The molecule has 1 atom stereocenters. The van der Waals surface area contributed by atoms with Gasteiger partial charge in [-0.3, -0.25) is 9.59 Å². The predicted molar refractivity (Wildman–Crippen MR) is 109 cm³/mol. The van der Waals surface area contributed by atoms with Crippen molar-refractivity contribution in [1.29, 1.82) is 0 Å². The Morgan fingerprint density at radius 3 is 2.48 bits per heavy atom. The zero-order valence-electron chi connectivity index (χ0n) is 13.8. The van der Waals surface area contributed by atoms with Crippen LogP contribution in [0.25, 0.3) is 0 Å². The highest BCUT2D eigenvalue weighted by Crippen LogP contribution is 2.20. The van der Waals surface area contributed by atoms with E-state index in [1.54, 1.807) is 6.92 Å². The van der Waals surface area contributed by atoms with Gasteiger partial charge in [-0.05, 0) is 84.5 Å². The predicted octanol–water partition coefficient (Wildman–Crippen LogP) is 4.44. The SMILES string of the molecule is Cc1cc(I)ccc1NC(=O)C(C)SCC(=O)Nc1ccc(F)cc1. The number of aryl methyl sites for hydroxylation is 1. The van der Waals surface area contributed by atoms with Gasteiger partial charge in [0.05, 0.1) is 11.0 Å². The number of carbonyl (C=O) groups excluding carboxylic acids is 2. The Labute approximate surface area is 164 Å². The van der Waals surface area contributed by atoms with Gasteiger partial charge in [-0.2, -0.15) is 0 Å². The van der Waals surface area contributed by atoms with Gasteiger partial charge in [0.25, 0.3) is 0 Å². The average molecular weight is 472 g/mol. The van der Waals surface area contributed by atoms with E-state index in [0.717, 1.165) is 14.8 Å². The Morgan fingerprint density at radius 1 is 1.16 bits per heavy atom. The van der Waals surface area contributed by atoms with Gasteiger partial charge in [0, 0.05) is 14.9 Å². The summed E-state index contributed by atoms with van der Waals surface area (Å²) < 4.78 is 13.9. The summed E-state index contributed by atoms with van der Waals surface area (Å²) in [6.45, 7) is 3.69. The number of hydrogen-bond donors (Lipinski definition) is 2. The molecule has 0 aliphatic rings. The number of nitrogens with one attached hydrogen (secondary N) is 2. The van der Waals surface area contributed by atoms with Crippen LogP contribution in [0.15, 0.2) is 42.5 Å². The number of amides is 2. The smallest absolute Gasteiger partial charge is 0.237 e. The lowest BCUT2D eigenvalue weighted by molar-refractivity contribution is -0.115. The number of rotatable bonds is 6. The maximum Gasteiger partial charge on any atom is 0.237 e. The van der Waals surface area contributed by atoms with Crippen molar-refractivity contribution in [2.45, 2.75) is 19.1 Å². The number of halogens is 2. The van der Waals surface area contributed by atoms with Crippen molar-refractivity contribution in [1.82, 2.24) is 0 Å². The van der Waals surface area contributed by atoms with E-state index in [9.17, 15) is 14.0 Å². The second kappa shape index (κ2) is 9.19. The third-order valence-electron chi connectivity index (χ3n) is 3.41. The van der Waals surface area contributed by atoms with Crippen LogP contribution in [0.2, 0.25) is 0 Å². The largest absolute Gasteiger partial charge is 0.325 e. The fourth-order valence-electron chi connectivity index (χ4n) is 2.01. The van der Waals surface area contributed by atoms with Crippen LogP contribution in [-0.4, -0.2) is 22.8 Å². The van der Waals surface area contributed by atoms with Crippen molar-refractivity contribution in [2.24, 2.45) is 0 Å². The molecule has 0 aromatic heterocycles. The zero-order valence-corrected chi connectivity index (χ0v) is 16.8. The Kier molecular flexibility index (Phi) is 7.24. The first-order valence-corrected chi connectivity index (χ1v) is 9.72. The molecule has 0 heterocycles. The first-order valence-electron chi connectivity index (χ1n) is 7.59. The Morgan fingerprint density at radius 2 is 1.84 bits per heavy atom. The number of benzene rings is 2. The summed E-state index contributed by atoms with van der Waals surface area (Å²) in [6, 6.07) is 11.3. The van der Waals surface area contributed by atoms with E-state index in [1.807, 2.05) is 25.1 Å². The monoisotopic (exact) mass is 472 g/mol. The van der Waals surface area contributed by atoms with Crippen molar-refractivity contribution in [3.8, 4) is 0 Å². The molecule has 0 bridgehead atoms. The van der Waals surface area contributed by atoms with Gasteiger partial charge in [-0.1, -0.05) is 0 Å². The van der Waals surface area contributed by atoms with Gasteiger partial charge in [0.2, 0.25) is 11.8 Å². The van der Waals surface area contributed by atoms with Gasteiger partial charge in [-0.25, -0.2) is 4.39 Å². The minimum Gasteiger partial charge on any atom is -0.325 e. The topological polar surface area (TPSA) is 58.2 Å². The van der Waals surface area contributed by atoms with Gasteiger partial charge in [-0.15, -0.1) is 11.8 Å². The quantitative estimate of drug-likeness (QED) is 0.612. The first-order chi connectivity index (χ1) is 11.8. The maximum absolute atomic E-state index is 12.8. The molecule has 2 aromatic carbocycles. The van der Waals surface area contributed by atoms with E-state index in [1.165, 1.54) is 36.0 Å². The molecule has 2 amide bonds. The van der Waals surface area contributed by atoms with E-state index in [0.29, 0.717) is 5.69 Å². The molecule has 0 fully saturated rings. The molecule has 2 aromatic rings. The van der Waals surface area contributed by atoms with E-state index >= 15 is 0 Å². The van der Waals surface area contributed by atoms with E-state index in [4.69, 9.17) is 0 Å². The van der Waals surface area contributed by atoms with Crippen LogP contribution in [0, 0.1) is 16.3 Å². The van der Waals surface area contributed by atoms with Crippen LogP contribution in [0.1, 0.15) is 12.5 Å². The minimum atomic E-state index is -0.377. The lowest BCUT2D eigenvalue weighted by atomic mass is 10.2. The molecule has 2 N–H and O–H groups in total. The summed E-state index contributed by atoms with van der Waals surface area (Å²) in [5.74, 6) is -0.605. The highest BCUT2D eigenvalue weighted by Gasteiger charge is 2.16. The third-order valence-corrected chi connectivity index (χ3v) is 5.22. The van der Waals surface area contributed by atoms with Gasteiger partial charge in [0.15, 0.2) is 0 Å². The van der Waals surface area contributed by atoms with E-state index < -0.39 is 0 Å². The Balaban J connectivity index is 1.82. The van der Waals surface area contributed by atoms with E-state index in [-0.39, 0.29) is 28.6 Å². The molecule has 0 aliphatic heterocycles. The molecule has 1 unspecified atom stereocenters. The standard InChI is InChI=1S/C18H18FIN2O2S/c1-11-9-14(20)5-8-16(11)22-18(24)12(2)25-10-17(23)21-15-6-3-13(19)4-7-15/h3-9,12H,10H2,1-2H3,(H,21,23)(H,22,24). The highest BCUT2D eigenvalue weighted by molar-refractivity contribution is 14.1. The van der Waals surface area contributed by atoms with Gasteiger partial charge in [0.1, 0.15) is 5.82 Å². The molecule has 0 saturated carbocycles. The number of carbonyl (C=O) groups is 2. The summed E-state index contributed by atoms with van der Waals surface area (Å²) in [5, 5.41) is 5.17. The highest BCUT2D eigenvalue weighted by atomic mass is 127. The average Bonchev–Trinajstić information content (AvgIpc) is 2.57. The summed E-state index contributed by atoms with van der Waals surface area (Å²) in [5.41, 5.74) is 2.29. The fraction of sp³-hybridized carbons (Fsp3) is 0.222. The molecule has 0 spiro atoms. The molecular weight excluding hydrogens is 454 g/mol. The van der Waals surface area contributed by atoms with Crippen molar-refractivity contribution >= 4 is 57.5 Å². The lowest BCUT2D eigenvalue weighted by Gasteiger charge is -2.14. The van der Waals surface area contributed by atoms with Crippen molar-refractivity contribution < 1.29 is 14.0 Å². The second-order valence-electron chi connectivity index (χ2n) is 5.46. The minimum absolute atomic E-state index is 0.137. The summed E-state index contributed by atoms with van der Waals surface area (Å²) in [4.78, 5) is 24.2. The van der Waals surface area contributed by atoms with Gasteiger partial charge >= 0.3 is 0 Å². The Bertz CT molecular complexity index is 768. The molecule has 0 aliphatic carbocycles. The molecule has 25 heavy (non-hydrogen) atoms. The van der Waals surface area contributed by atoms with E-state index in [2.05, 4.69) is 33.2 Å². The number of anilines is 2. The molecule has 7 heteroatoms. The second-order valence-corrected chi connectivity index (χ2v) is 8.03. The zero-order chi connectivity index (χ0) is 18.4. The van der Waals surface area contributed by atoms with Crippen LogP contribution in [0.3, 0.4) is 0 Å². The van der Waals surface area contributed by atoms with Crippen LogP contribution < -0.4 is 10.6 Å². The van der Waals surface area contributed by atoms with Crippen molar-refractivity contribution in [2.75, 3.05) is 16.4 Å². The molecule has 2 rings (SSSR count). The molecular formula is C18H18FIN2O2S. The first kappa shape index (κ1) is 19.7.